The molecule has 3 heteroatoms. The van der Waals surface area contributed by atoms with Crippen LogP contribution in [0.25, 0.3) is 0 Å². The lowest BCUT2D eigenvalue weighted by atomic mass is 9.98. The molecule has 0 saturated heterocycles. The minimum atomic E-state index is -1.17. The summed E-state index contributed by atoms with van der Waals surface area (Å²) in [4.78, 5) is 12.0. The smallest absolute Gasteiger partial charge is 0.190 e. The normalized spacial score (nSPS) is 13.7. The van der Waals surface area contributed by atoms with Gasteiger partial charge in [0.05, 0.1) is 0 Å². The van der Waals surface area contributed by atoms with Gasteiger partial charge < -0.3 is 10.2 Å². The molecular formula is C17H18O3. The van der Waals surface area contributed by atoms with Crippen molar-refractivity contribution in [3.8, 4) is 0 Å². The Bertz CT molecular complexity index is 487. The Kier molecular flexibility index (Phi) is 5.04. The Labute approximate surface area is 118 Å². The van der Waals surface area contributed by atoms with Gasteiger partial charge in [-0.15, -0.1) is 0 Å². The van der Waals surface area contributed by atoms with Crippen molar-refractivity contribution >= 4 is 5.78 Å². The molecule has 0 radical (unpaired) electrons. The average molecular weight is 270 g/mol. The molecule has 2 N–H and O–H groups in total. The van der Waals surface area contributed by atoms with Gasteiger partial charge in [0.1, 0.15) is 12.2 Å². The van der Waals surface area contributed by atoms with Crippen LogP contribution in [0, 0.1) is 0 Å². The van der Waals surface area contributed by atoms with Crippen LogP contribution in [-0.2, 0) is 17.6 Å². The zero-order valence-electron chi connectivity index (χ0n) is 11.1. The zero-order chi connectivity index (χ0) is 14.4. The highest BCUT2D eigenvalue weighted by Crippen LogP contribution is 2.09. The molecular weight excluding hydrogens is 252 g/mol. The number of hydrogen-bond donors (Lipinski definition) is 2. The van der Waals surface area contributed by atoms with E-state index in [4.69, 9.17) is 0 Å². The molecule has 0 fully saturated rings. The average Bonchev–Trinajstić information content (AvgIpc) is 2.48. The largest absolute Gasteiger partial charge is 0.385 e. The van der Waals surface area contributed by atoms with Crippen LogP contribution in [0.15, 0.2) is 60.7 Å². The molecule has 0 saturated carbocycles. The number of aliphatic hydroxyl groups excluding tert-OH is 2. The standard InChI is InChI=1S/C17H18O3/c18-15(11-13-7-3-1-4-8-13)17(20)16(19)12-14-9-5-2-6-10-14/h1-10,15-16,18-19H,11-12H2. The maximum atomic E-state index is 12.0. The summed E-state index contributed by atoms with van der Waals surface area (Å²) in [5, 5.41) is 19.8. The molecule has 2 aromatic rings. The van der Waals surface area contributed by atoms with Gasteiger partial charge in [-0.05, 0) is 11.1 Å². The fourth-order valence-corrected chi connectivity index (χ4v) is 2.10. The molecule has 20 heavy (non-hydrogen) atoms. The van der Waals surface area contributed by atoms with Crippen LogP contribution in [0.3, 0.4) is 0 Å². The lowest BCUT2D eigenvalue weighted by Crippen LogP contribution is -2.35. The molecule has 0 spiro atoms. The summed E-state index contributed by atoms with van der Waals surface area (Å²) >= 11 is 0. The summed E-state index contributed by atoms with van der Waals surface area (Å²) in [5.74, 6) is -0.530. The first-order chi connectivity index (χ1) is 9.66. The van der Waals surface area contributed by atoms with Crippen LogP contribution in [0.1, 0.15) is 11.1 Å². The molecule has 3 nitrogen and oxygen atoms in total. The fourth-order valence-electron chi connectivity index (χ4n) is 2.10. The van der Waals surface area contributed by atoms with E-state index in [0.29, 0.717) is 0 Å². The SMILES string of the molecule is O=C(C(O)Cc1ccccc1)C(O)Cc1ccccc1. The maximum Gasteiger partial charge on any atom is 0.190 e. The van der Waals surface area contributed by atoms with Gasteiger partial charge in [0.2, 0.25) is 0 Å². The maximum absolute atomic E-state index is 12.0. The second-order valence-electron chi connectivity index (χ2n) is 4.81. The molecule has 2 unspecified atom stereocenters. The van der Waals surface area contributed by atoms with Gasteiger partial charge in [0.25, 0.3) is 0 Å². The Morgan fingerprint density at radius 3 is 1.45 bits per heavy atom. The number of benzene rings is 2. The highest BCUT2D eigenvalue weighted by Gasteiger charge is 2.23. The van der Waals surface area contributed by atoms with Crippen molar-refractivity contribution < 1.29 is 15.0 Å². The number of carbonyl (C=O) groups excluding carboxylic acids is 1. The van der Waals surface area contributed by atoms with E-state index >= 15 is 0 Å². The molecule has 0 heterocycles. The number of Topliss-reactive ketones (excluding diaryl/α,β-unsaturated/α-hetero) is 1. The summed E-state index contributed by atoms with van der Waals surface area (Å²) in [6.45, 7) is 0. The van der Waals surface area contributed by atoms with Crippen LogP contribution in [-0.4, -0.2) is 28.2 Å². The third-order valence-electron chi connectivity index (χ3n) is 3.20. The van der Waals surface area contributed by atoms with E-state index in [1.54, 1.807) is 0 Å². The van der Waals surface area contributed by atoms with Crippen molar-refractivity contribution in [1.29, 1.82) is 0 Å². The summed E-state index contributed by atoms with van der Waals surface area (Å²) in [7, 11) is 0. The summed E-state index contributed by atoms with van der Waals surface area (Å²) < 4.78 is 0. The molecule has 104 valence electrons. The topological polar surface area (TPSA) is 57.5 Å². The Morgan fingerprint density at radius 1 is 0.750 bits per heavy atom. The van der Waals surface area contributed by atoms with Crippen molar-refractivity contribution in [1.82, 2.24) is 0 Å². The monoisotopic (exact) mass is 270 g/mol. The van der Waals surface area contributed by atoms with E-state index in [9.17, 15) is 15.0 Å². The van der Waals surface area contributed by atoms with Crippen LogP contribution < -0.4 is 0 Å². The Morgan fingerprint density at radius 2 is 1.10 bits per heavy atom. The van der Waals surface area contributed by atoms with Crippen molar-refractivity contribution in [3.63, 3.8) is 0 Å². The lowest BCUT2D eigenvalue weighted by molar-refractivity contribution is -0.135. The summed E-state index contributed by atoms with van der Waals surface area (Å²) in [6, 6.07) is 18.6. The van der Waals surface area contributed by atoms with Gasteiger partial charge in [-0.3, -0.25) is 4.79 Å². The Balaban J connectivity index is 1.93. The van der Waals surface area contributed by atoms with Gasteiger partial charge in [-0.1, -0.05) is 60.7 Å². The van der Waals surface area contributed by atoms with E-state index in [1.165, 1.54) is 0 Å². The first kappa shape index (κ1) is 14.4. The molecule has 2 rings (SSSR count). The van der Waals surface area contributed by atoms with Crippen LogP contribution >= 0.6 is 0 Å². The van der Waals surface area contributed by atoms with Crippen molar-refractivity contribution in [2.45, 2.75) is 25.0 Å². The van der Waals surface area contributed by atoms with E-state index in [2.05, 4.69) is 0 Å². The molecule has 2 atom stereocenters. The number of ketones is 1. The molecule has 0 aliphatic heterocycles. The van der Waals surface area contributed by atoms with Gasteiger partial charge in [0.15, 0.2) is 5.78 Å². The zero-order valence-corrected chi connectivity index (χ0v) is 11.1. The van der Waals surface area contributed by atoms with Crippen molar-refractivity contribution in [2.75, 3.05) is 0 Å². The van der Waals surface area contributed by atoms with Gasteiger partial charge in [0, 0.05) is 12.8 Å². The predicted octanol–water partition coefficient (Wildman–Crippen LogP) is 1.76. The van der Waals surface area contributed by atoms with Crippen LogP contribution in [0.4, 0.5) is 0 Å². The quantitative estimate of drug-likeness (QED) is 0.841. The highest BCUT2D eigenvalue weighted by molar-refractivity contribution is 5.87. The fraction of sp³-hybridized carbons (Fsp3) is 0.235. The summed E-state index contributed by atoms with van der Waals surface area (Å²) in [5.41, 5.74) is 1.75. The minimum Gasteiger partial charge on any atom is -0.385 e. The van der Waals surface area contributed by atoms with Crippen LogP contribution in [0.5, 0.6) is 0 Å². The third-order valence-corrected chi connectivity index (χ3v) is 3.20. The van der Waals surface area contributed by atoms with Crippen molar-refractivity contribution in [2.24, 2.45) is 0 Å². The highest BCUT2D eigenvalue weighted by atomic mass is 16.3. The predicted molar refractivity (Wildman–Crippen MR) is 77.3 cm³/mol. The number of carbonyl (C=O) groups is 1. The third kappa shape index (κ3) is 4.02. The van der Waals surface area contributed by atoms with Gasteiger partial charge >= 0.3 is 0 Å². The van der Waals surface area contributed by atoms with Crippen LogP contribution in [0.2, 0.25) is 0 Å². The molecule has 0 amide bonds. The second-order valence-corrected chi connectivity index (χ2v) is 4.81. The Hall–Kier alpha value is -1.97. The molecule has 0 aliphatic carbocycles. The number of hydrogen-bond acceptors (Lipinski definition) is 3. The second kappa shape index (κ2) is 6.98. The first-order valence-electron chi connectivity index (χ1n) is 6.64. The molecule has 0 aromatic heterocycles. The number of aliphatic hydroxyl groups is 2. The number of rotatable bonds is 6. The molecule has 0 bridgehead atoms. The van der Waals surface area contributed by atoms with Crippen molar-refractivity contribution in [3.05, 3.63) is 71.8 Å². The van der Waals surface area contributed by atoms with E-state index in [0.717, 1.165) is 11.1 Å². The first-order valence-corrected chi connectivity index (χ1v) is 6.64. The lowest BCUT2D eigenvalue weighted by Gasteiger charge is -2.14. The molecule has 2 aromatic carbocycles. The molecule has 0 aliphatic rings. The van der Waals surface area contributed by atoms with E-state index < -0.39 is 18.0 Å². The van der Waals surface area contributed by atoms with E-state index in [1.807, 2.05) is 60.7 Å². The summed E-state index contributed by atoms with van der Waals surface area (Å²) in [6.07, 6.45) is -1.89. The van der Waals surface area contributed by atoms with Gasteiger partial charge in [-0.25, -0.2) is 0 Å². The van der Waals surface area contributed by atoms with E-state index in [-0.39, 0.29) is 12.8 Å². The minimum absolute atomic E-state index is 0.228. The van der Waals surface area contributed by atoms with Gasteiger partial charge in [-0.2, -0.15) is 0 Å².